The Morgan fingerprint density at radius 1 is 1.19 bits per heavy atom. The van der Waals surface area contributed by atoms with Crippen LogP contribution in [0.1, 0.15) is 32.6 Å². The lowest BCUT2D eigenvalue weighted by Crippen LogP contribution is -2.39. The minimum absolute atomic E-state index is 0.00594. The molecule has 2 aromatic carbocycles. The first-order valence-corrected chi connectivity index (χ1v) is 9.77. The molecule has 0 unspecified atom stereocenters. The number of benzene rings is 2. The summed E-state index contributed by atoms with van der Waals surface area (Å²) < 4.78 is 5.97. The van der Waals surface area contributed by atoms with Crippen molar-refractivity contribution in [2.45, 2.75) is 38.7 Å². The zero-order chi connectivity index (χ0) is 18.4. The van der Waals surface area contributed by atoms with Gasteiger partial charge in [0.1, 0.15) is 5.75 Å². The van der Waals surface area contributed by atoms with E-state index in [1.54, 1.807) is 0 Å². The zero-order valence-corrected chi connectivity index (χ0v) is 15.9. The van der Waals surface area contributed by atoms with Crippen LogP contribution in [0.3, 0.4) is 0 Å². The van der Waals surface area contributed by atoms with Crippen LogP contribution in [0.25, 0.3) is 10.8 Å². The van der Waals surface area contributed by atoms with E-state index < -0.39 is 6.10 Å². The van der Waals surface area contributed by atoms with Crippen molar-refractivity contribution in [3.63, 3.8) is 0 Å². The Balaban J connectivity index is 1.49. The SMILES string of the molecule is CC[C@H](Oc1ccc2ccccc2c1)C(=O)NCCC1CCN(C)CC1. The summed E-state index contributed by atoms with van der Waals surface area (Å²) in [4.78, 5) is 14.9. The first kappa shape index (κ1) is 18.7. The number of rotatable bonds is 7. The van der Waals surface area contributed by atoms with Gasteiger partial charge in [-0.1, -0.05) is 37.3 Å². The van der Waals surface area contributed by atoms with Crippen molar-refractivity contribution < 1.29 is 9.53 Å². The summed E-state index contributed by atoms with van der Waals surface area (Å²) in [5.41, 5.74) is 0. The van der Waals surface area contributed by atoms with Gasteiger partial charge in [0.2, 0.25) is 0 Å². The van der Waals surface area contributed by atoms with Gasteiger partial charge in [-0.2, -0.15) is 0 Å². The van der Waals surface area contributed by atoms with E-state index in [0.29, 0.717) is 6.42 Å². The van der Waals surface area contributed by atoms with Gasteiger partial charge in [0, 0.05) is 6.54 Å². The molecule has 1 atom stereocenters. The van der Waals surface area contributed by atoms with Crippen molar-refractivity contribution in [1.29, 1.82) is 0 Å². The lowest BCUT2D eigenvalue weighted by Gasteiger charge is -2.29. The summed E-state index contributed by atoms with van der Waals surface area (Å²) in [6.07, 6.45) is 3.75. The van der Waals surface area contributed by atoms with E-state index in [1.807, 2.05) is 37.3 Å². The summed E-state index contributed by atoms with van der Waals surface area (Å²) in [7, 11) is 2.17. The molecule has 0 bridgehead atoms. The van der Waals surface area contributed by atoms with Gasteiger partial charge in [0.15, 0.2) is 6.10 Å². The molecule has 1 aliphatic rings. The monoisotopic (exact) mass is 354 g/mol. The molecule has 1 fully saturated rings. The van der Waals surface area contributed by atoms with Gasteiger partial charge < -0.3 is 15.0 Å². The van der Waals surface area contributed by atoms with Crippen LogP contribution >= 0.6 is 0 Å². The molecular formula is C22H30N2O2. The van der Waals surface area contributed by atoms with Gasteiger partial charge in [-0.15, -0.1) is 0 Å². The van der Waals surface area contributed by atoms with Crippen LogP contribution in [-0.4, -0.2) is 43.6 Å². The fourth-order valence-electron chi connectivity index (χ4n) is 3.59. The van der Waals surface area contributed by atoms with Crippen molar-refractivity contribution in [3.8, 4) is 5.75 Å². The van der Waals surface area contributed by atoms with E-state index in [2.05, 4.69) is 29.4 Å². The molecular weight excluding hydrogens is 324 g/mol. The highest BCUT2D eigenvalue weighted by Gasteiger charge is 2.20. The summed E-state index contributed by atoms with van der Waals surface area (Å²) in [6, 6.07) is 14.2. The van der Waals surface area contributed by atoms with Gasteiger partial charge >= 0.3 is 0 Å². The molecule has 1 saturated heterocycles. The molecule has 4 heteroatoms. The number of nitrogens with one attached hydrogen (secondary N) is 1. The van der Waals surface area contributed by atoms with E-state index in [4.69, 9.17) is 4.74 Å². The number of hydrogen-bond acceptors (Lipinski definition) is 3. The molecule has 0 aliphatic carbocycles. The van der Waals surface area contributed by atoms with E-state index >= 15 is 0 Å². The van der Waals surface area contributed by atoms with Gasteiger partial charge in [-0.3, -0.25) is 4.79 Å². The number of nitrogens with zero attached hydrogens (tertiary/aromatic N) is 1. The molecule has 0 saturated carbocycles. The predicted molar refractivity (Wildman–Crippen MR) is 107 cm³/mol. The highest BCUT2D eigenvalue weighted by atomic mass is 16.5. The van der Waals surface area contributed by atoms with Crippen molar-refractivity contribution in [2.24, 2.45) is 5.92 Å². The highest BCUT2D eigenvalue weighted by Crippen LogP contribution is 2.22. The number of hydrogen-bond donors (Lipinski definition) is 1. The quantitative estimate of drug-likeness (QED) is 0.821. The normalized spacial score (nSPS) is 17.2. The lowest BCUT2D eigenvalue weighted by atomic mass is 9.94. The van der Waals surface area contributed by atoms with Gasteiger partial charge in [0.05, 0.1) is 0 Å². The van der Waals surface area contributed by atoms with Crippen molar-refractivity contribution in [2.75, 3.05) is 26.7 Å². The fourth-order valence-corrected chi connectivity index (χ4v) is 3.59. The topological polar surface area (TPSA) is 41.6 Å². The van der Waals surface area contributed by atoms with Crippen molar-refractivity contribution in [3.05, 3.63) is 42.5 Å². The predicted octanol–water partition coefficient (Wildman–Crippen LogP) is 3.85. The standard InChI is InChI=1S/C22H30N2O2/c1-3-21(22(25)23-13-10-17-11-14-24(2)15-12-17)26-20-9-8-18-6-4-5-7-19(18)16-20/h4-9,16-17,21H,3,10-15H2,1-2H3,(H,23,25)/t21-/m0/s1. The maximum Gasteiger partial charge on any atom is 0.261 e. The van der Waals surface area contributed by atoms with Crippen LogP contribution in [0.5, 0.6) is 5.75 Å². The Morgan fingerprint density at radius 3 is 2.65 bits per heavy atom. The molecule has 26 heavy (non-hydrogen) atoms. The number of carbonyl (C=O) groups is 1. The average Bonchev–Trinajstić information content (AvgIpc) is 2.67. The summed E-state index contributed by atoms with van der Waals surface area (Å²) in [5.74, 6) is 1.47. The molecule has 3 rings (SSSR count). The molecule has 0 aromatic heterocycles. The molecule has 140 valence electrons. The van der Waals surface area contributed by atoms with Crippen LogP contribution in [0, 0.1) is 5.92 Å². The maximum absolute atomic E-state index is 12.5. The molecule has 0 radical (unpaired) electrons. The zero-order valence-electron chi connectivity index (χ0n) is 15.9. The average molecular weight is 354 g/mol. The maximum atomic E-state index is 12.5. The van der Waals surface area contributed by atoms with Crippen LogP contribution < -0.4 is 10.1 Å². The molecule has 4 nitrogen and oxygen atoms in total. The minimum atomic E-state index is -0.436. The van der Waals surface area contributed by atoms with Gasteiger partial charge in [-0.25, -0.2) is 0 Å². The Morgan fingerprint density at radius 2 is 1.92 bits per heavy atom. The van der Waals surface area contributed by atoms with Crippen LogP contribution in [-0.2, 0) is 4.79 Å². The van der Waals surface area contributed by atoms with Crippen LogP contribution in [0.15, 0.2) is 42.5 Å². The number of carbonyl (C=O) groups excluding carboxylic acids is 1. The number of piperidine rings is 1. The first-order chi connectivity index (χ1) is 12.7. The van der Waals surface area contributed by atoms with Crippen LogP contribution in [0.2, 0.25) is 0 Å². The van der Waals surface area contributed by atoms with Crippen LogP contribution in [0.4, 0.5) is 0 Å². The van der Waals surface area contributed by atoms with E-state index in [9.17, 15) is 4.79 Å². The molecule has 1 N–H and O–H groups in total. The second kappa shape index (κ2) is 9.04. The summed E-state index contributed by atoms with van der Waals surface area (Å²) >= 11 is 0. The minimum Gasteiger partial charge on any atom is -0.481 e. The number of ether oxygens (including phenoxy) is 1. The molecule has 2 aromatic rings. The van der Waals surface area contributed by atoms with Gasteiger partial charge in [-0.05, 0) is 74.6 Å². The molecule has 0 spiro atoms. The third kappa shape index (κ3) is 4.98. The third-order valence-corrected chi connectivity index (χ3v) is 5.35. The van der Waals surface area contributed by atoms with E-state index in [1.165, 1.54) is 31.3 Å². The second-order valence-electron chi connectivity index (χ2n) is 7.35. The van der Waals surface area contributed by atoms with Crippen molar-refractivity contribution >= 4 is 16.7 Å². The number of likely N-dealkylation sites (tertiary alicyclic amines) is 1. The van der Waals surface area contributed by atoms with E-state index in [0.717, 1.165) is 30.0 Å². The summed E-state index contributed by atoms with van der Waals surface area (Å²) in [6.45, 7) is 5.07. The largest absolute Gasteiger partial charge is 0.481 e. The molecule has 1 heterocycles. The molecule has 1 amide bonds. The number of amides is 1. The van der Waals surface area contributed by atoms with Gasteiger partial charge in [0.25, 0.3) is 5.91 Å². The Kier molecular flexibility index (Phi) is 6.51. The Labute approximate surface area is 156 Å². The third-order valence-electron chi connectivity index (χ3n) is 5.35. The highest BCUT2D eigenvalue weighted by molar-refractivity contribution is 5.84. The Bertz CT molecular complexity index is 723. The molecule has 1 aliphatic heterocycles. The Hall–Kier alpha value is -2.07. The summed E-state index contributed by atoms with van der Waals surface area (Å²) in [5, 5.41) is 5.38. The fraction of sp³-hybridized carbons (Fsp3) is 0.500. The second-order valence-corrected chi connectivity index (χ2v) is 7.35. The lowest BCUT2D eigenvalue weighted by molar-refractivity contribution is -0.128. The number of fused-ring (bicyclic) bond motifs is 1. The smallest absolute Gasteiger partial charge is 0.261 e. The first-order valence-electron chi connectivity index (χ1n) is 9.77. The van der Waals surface area contributed by atoms with E-state index in [-0.39, 0.29) is 5.91 Å². The van der Waals surface area contributed by atoms with Crippen molar-refractivity contribution in [1.82, 2.24) is 10.2 Å².